The molecule has 1 saturated heterocycles. The van der Waals surface area contributed by atoms with Crippen molar-refractivity contribution in [1.82, 2.24) is 19.6 Å². The Labute approximate surface area is 192 Å². The second-order valence-electron chi connectivity index (χ2n) is 8.05. The quantitative estimate of drug-likeness (QED) is 0.666. The Balaban J connectivity index is 1.35. The third kappa shape index (κ3) is 5.10. The molecule has 4 rings (SSSR count). The van der Waals surface area contributed by atoms with Gasteiger partial charge in [-0.1, -0.05) is 0 Å². The van der Waals surface area contributed by atoms with Gasteiger partial charge in [-0.15, -0.1) is 0 Å². The van der Waals surface area contributed by atoms with Gasteiger partial charge in [0, 0.05) is 56.5 Å². The van der Waals surface area contributed by atoms with Crippen LogP contribution in [0.25, 0.3) is 0 Å². The summed E-state index contributed by atoms with van der Waals surface area (Å²) in [6, 6.07) is 9.34. The highest BCUT2D eigenvalue weighted by atomic mass is 16.6. The van der Waals surface area contributed by atoms with Gasteiger partial charge in [0.1, 0.15) is 12.3 Å². The number of carbonyl (C=O) groups excluding carboxylic acids is 2. The van der Waals surface area contributed by atoms with Crippen molar-refractivity contribution in [2.75, 3.05) is 51.3 Å². The van der Waals surface area contributed by atoms with E-state index in [0.29, 0.717) is 57.9 Å². The van der Waals surface area contributed by atoms with E-state index in [-0.39, 0.29) is 18.0 Å². The first-order valence-corrected chi connectivity index (χ1v) is 11.2. The SMILES string of the molecule is CCOC(=O)N1CCc2nn(CC(=O)N3CCN(c4ccc(OC)cc4)CC3)c(=O)cc2C1. The number of amides is 2. The molecule has 1 aromatic carbocycles. The number of carbonyl (C=O) groups is 2. The largest absolute Gasteiger partial charge is 0.497 e. The van der Waals surface area contributed by atoms with E-state index in [1.54, 1.807) is 23.8 Å². The summed E-state index contributed by atoms with van der Waals surface area (Å²) in [4.78, 5) is 42.9. The highest BCUT2D eigenvalue weighted by molar-refractivity contribution is 5.76. The van der Waals surface area contributed by atoms with Gasteiger partial charge in [0.2, 0.25) is 5.91 Å². The molecule has 0 bridgehead atoms. The fourth-order valence-electron chi connectivity index (χ4n) is 4.16. The summed E-state index contributed by atoms with van der Waals surface area (Å²) in [5.41, 5.74) is 2.19. The predicted octanol–water partition coefficient (Wildman–Crippen LogP) is 1.12. The molecule has 0 saturated carbocycles. The fraction of sp³-hybridized carbons (Fsp3) is 0.478. The van der Waals surface area contributed by atoms with Gasteiger partial charge in [0.05, 0.1) is 26.0 Å². The van der Waals surface area contributed by atoms with Crippen molar-refractivity contribution in [3.05, 3.63) is 51.9 Å². The minimum atomic E-state index is -0.392. The first-order chi connectivity index (χ1) is 16.0. The molecule has 2 aliphatic rings. The van der Waals surface area contributed by atoms with Crippen LogP contribution in [0.1, 0.15) is 18.2 Å². The average molecular weight is 456 g/mol. The summed E-state index contributed by atoms with van der Waals surface area (Å²) >= 11 is 0. The summed E-state index contributed by atoms with van der Waals surface area (Å²) in [6.45, 7) is 5.33. The number of ether oxygens (including phenoxy) is 2. The van der Waals surface area contributed by atoms with Gasteiger partial charge in [-0.3, -0.25) is 9.59 Å². The molecule has 1 aromatic heterocycles. The van der Waals surface area contributed by atoms with Crippen molar-refractivity contribution >= 4 is 17.7 Å². The maximum absolute atomic E-state index is 12.8. The van der Waals surface area contributed by atoms with E-state index in [1.165, 1.54) is 10.7 Å². The van der Waals surface area contributed by atoms with Gasteiger partial charge in [-0.25, -0.2) is 9.48 Å². The second kappa shape index (κ2) is 9.93. The second-order valence-corrected chi connectivity index (χ2v) is 8.05. The van der Waals surface area contributed by atoms with E-state index in [9.17, 15) is 14.4 Å². The normalized spacial score (nSPS) is 15.8. The van der Waals surface area contributed by atoms with E-state index in [4.69, 9.17) is 9.47 Å². The first kappa shape index (κ1) is 22.6. The lowest BCUT2D eigenvalue weighted by atomic mass is 10.1. The number of methoxy groups -OCH3 is 1. The Hall–Kier alpha value is -3.56. The number of benzene rings is 1. The van der Waals surface area contributed by atoms with Crippen molar-refractivity contribution in [1.29, 1.82) is 0 Å². The smallest absolute Gasteiger partial charge is 0.410 e. The van der Waals surface area contributed by atoms with E-state index in [0.717, 1.165) is 17.1 Å². The molecule has 0 spiro atoms. The molecule has 33 heavy (non-hydrogen) atoms. The molecule has 10 heteroatoms. The van der Waals surface area contributed by atoms with Crippen LogP contribution in [0.15, 0.2) is 35.1 Å². The van der Waals surface area contributed by atoms with Crippen LogP contribution in [0.2, 0.25) is 0 Å². The van der Waals surface area contributed by atoms with Crippen LogP contribution in [0.4, 0.5) is 10.5 Å². The lowest BCUT2D eigenvalue weighted by Crippen LogP contribution is -2.50. The molecule has 2 amide bonds. The molecule has 1 fully saturated rings. The Morgan fingerprint density at radius 3 is 2.42 bits per heavy atom. The van der Waals surface area contributed by atoms with Crippen LogP contribution in [0.3, 0.4) is 0 Å². The van der Waals surface area contributed by atoms with Crippen molar-refractivity contribution in [2.24, 2.45) is 0 Å². The molecule has 0 radical (unpaired) electrons. The van der Waals surface area contributed by atoms with Crippen LogP contribution in [-0.2, 0) is 29.0 Å². The maximum atomic E-state index is 12.8. The number of hydrogen-bond acceptors (Lipinski definition) is 7. The third-order valence-corrected chi connectivity index (χ3v) is 6.02. The standard InChI is InChI=1S/C23H29N5O5/c1-3-33-23(31)27-9-8-20-17(15-27)14-21(29)28(24-20)16-22(30)26-12-10-25(11-13-26)18-4-6-19(32-2)7-5-18/h4-7,14H,3,8-13,15-16H2,1-2H3. The Morgan fingerprint density at radius 1 is 1.03 bits per heavy atom. The minimum Gasteiger partial charge on any atom is -0.497 e. The monoisotopic (exact) mass is 455 g/mol. The zero-order chi connectivity index (χ0) is 23.4. The van der Waals surface area contributed by atoms with Gasteiger partial charge in [-0.2, -0.15) is 5.10 Å². The zero-order valence-electron chi connectivity index (χ0n) is 19.0. The third-order valence-electron chi connectivity index (χ3n) is 6.02. The summed E-state index contributed by atoms with van der Waals surface area (Å²) in [7, 11) is 1.64. The molecule has 2 aromatic rings. The lowest BCUT2D eigenvalue weighted by Gasteiger charge is -2.36. The number of piperazine rings is 1. The molecule has 2 aliphatic heterocycles. The molecule has 0 aliphatic carbocycles. The topological polar surface area (TPSA) is 97.2 Å². The molecule has 0 unspecified atom stereocenters. The molecule has 10 nitrogen and oxygen atoms in total. The fourth-order valence-corrected chi connectivity index (χ4v) is 4.16. The van der Waals surface area contributed by atoms with Crippen molar-refractivity contribution in [2.45, 2.75) is 26.4 Å². The molecule has 176 valence electrons. The van der Waals surface area contributed by atoms with Gasteiger partial charge in [-0.05, 0) is 31.2 Å². The summed E-state index contributed by atoms with van der Waals surface area (Å²) in [6.07, 6.45) is 0.125. The molecule has 0 atom stereocenters. The van der Waals surface area contributed by atoms with E-state index in [1.807, 2.05) is 24.3 Å². The molecule has 0 N–H and O–H groups in total. The van der Waals surface area contributed by atoms with Crippen LogP contribution in [0, 0.1) is 0 Å². The van der Waals surface area contributed by atoms with Crippen molar-refractivity contribution in [3.63, 3.8) is 0 Å². The highest BCUT2D eigenvalue weighted by Gasteiger charge is 2.25. The van der Waals surface area contributed by atoms with Crippen LogP contribution >= 0.6 is 0 Å². The van der Waals surface area contributed by atoms with E-state index < -0.39 is 6.09 Å². The van der Waals surface area contributed by atoms with Gasteiger partial charge in [0.15, 0.2) is 0 Å². The van der Waals surface area contributed by atoms with Gasteiger partial charge < -0.3 is 24.2 Å². The maximum Gasteiger partial charge on any atom is 0.410 e. The predicted molar refractivity (Wildman–Crippen MR) is 121 cm³/mol. The number of rotatable bonds is 5. The minimum absolute atomic E-state index is 0.0871. The first-order valence-electron chi connectivity index (χ1n) is 11.2. The van der Waals surface area contributed by atoms with Crippen LogP contribution < -0.4 is 15.2 Å². The summed E-state index contributed by atoms with van der Waals surface area (Å²) < 4.78 is 11.5. The van der Waals surface area contributed by atoms with Crippen molar-refractivity contribution in [3.8, 4) is 5.75 Å². The van der Waals surface area contributed by atoms with Crippen LogP contribution in [0.5, 0.6) is 5.75 Å². The summed E-state index contributed by atoms with van der Waals surface area (Å²) in [5, 5.41) is 4.42. The van der Waals surface area contributed by atoms with Gasteiger partial charge >= 0.3 is 6.09 Å². The molecule has 3 heterocycles. The van der Waals surface area contributed by atoms with Crippen molar-refractivity contribution < 1.29 is 19.1 Å². The molecular formula is C23H29N5O5. The number of anilines is 1. The average Bonchev–Trinajstić information content (AvgIpc) is 2.84. The summed E-state index contributed by atoms with van der Waals surface area (Å²) in [5.74, 6) is 0.687. The molecular weight excluding hydrogens is 426 g/mol. The highest BCUT2D eigenvalue weighted by Crippen LogP contribution is 2.21. The number of aromatic nitrogens is 2. The number of fused-ring (bicyclic) bond motifs is 1. The van der Waals surface area contributed by atoms with E-state index in [2.05, 4.69) is 10.00 Å². The van der Waals surface area contributed by atoms with E-state index >= 15 is 0 Å². The lowest BCUT2D eigenvalue weighted by molar-refractivity contribution is -0.132. The Bertz CT molecular complexity index is 1060. The zero-order valence-corrected chi connectivity index (χ0v) is 19.0. The Kier molecular flexibility index (Phi) is 6.81. The van der Waals surface area contributed by atoms with Crippen LogP contribution in [-0.4, -0.2) is 78.0 Å². The Morgan fingerprint density at radius 2 is 1.76 bits per heavy atom. The number of hydrogen-bond donors (Lipinski definition) is 0. The van der Waals surface area contributed by atoms with Gasteiger partial charge in [0.25, 0.3) is 5.56 Å². The number of nitrogens with zero attached hydrogens (tertiary/aromatic N) is 5.